The molecule has 0 spiro atoms. The van der Waals surface area contributed by atoms with E-state index in [0.717, 1.165) is 15.4 Å². The minimum atomic E-state index is -3.86. The van der Waals surface area contributed by atoms with Gasteiger partial charge in [-0.05, 0) is 49.2 Å². The van der Waals surface area contributed by atoms with Crippen molar-refractivity contribution in [3.63, 3.8) is 0 Å². The molecule has 0 saturated carbocycles. The first-order chi connectivity index (χ1) is 10.9. The lowest BCUT2D eigenvalue weighted by atomic mass is 10.1. The molecule has 2 rings (SSSR count). The minimum Gasteiger partial charge on any atom is -0.468 e. The van der Waals surface area contributed by atoms with Gasteiger partial charge in [0, 0.05) is 0 Å². The van der Waals surface area contributed by atoms with E-state index < -0.39 is 16.0 Å². The number of rotatable bonds is 5. The summed E-state index contributed by atoms with van der Waals surface area (Å²) in [5, 5.41) is 0. The predicted molar refractivity (Wildman–Crippen MR) is 88.9 cm³/mol. The van der Waals surface area contributed by atoms with Gasteiger partial charge in [-0.2, -0.15) is 0 Å². The van der Waals surface area contributed by atoms with Gasteiger partial charge in [-0.1, -0.05) is 24.3 Å². The van der Waals surface area contributed by atoms with E-state index in [9.17, 15) is 13.2 Å². The molecule has 23 heavy (non-hydrogen) atoms. The Bertz CT molecular complexity index is 801. The van der Waals surface area contributed by atoms with Crippen molar-refractivity contribution < 1.29 is 17.9 Å². The van der Waals surface area contributed by atoms with Crippen molar-refractivity contribution in [1.29, 1.82) is 0 Å². The number of benzene rings is 2. The lowest BCUT2D eigenvalue weighted by molar-refractivity contribution is -0.138. The summed E-state index contributed by atoms with van der Waals surface area (Å²) in [6.07, 6.45) is 0. The van der Waals surface area contributed by atoms with Crippen LogP contribution in [0, 0.1) is 13.8 Å². The van der Waals surface area contributed by atoms with Crippen molar-refractivity contribution in [2.75, 3.05) is 18.0 Å². The molecule has 0 radical (unpaired) electrons. The standard InChI is InChI=1S/C17H19NO4S/c1-13-9-10-15(11-14(13)2)18(12-17(19)22-3)23(20,21)16-7-5-4-6-8-16/h4-11H,12H2,1-3H3. The van der Waals surface area contributed by atoms with E-state index in [-0.39, 0.29) is 11.4 Å². The zero-order chi connectivity index (χ0) is 17.0. The second-order valence-electron chi connectivity index (χ2n) is 5.17. The van der Waals surface area contributed by atoms with E-state index in [0.29, 0.717) is 5.69 Å². The summed E-state index contributed by atoms with van der Waals surface area (Å²) in [6.45, 7) is 3.45. The molecular weight excluding hydrogens is 314 g/mol. The van der Waals surface area contributed by atoms with Crippen molar-refractivity contribution in [3.05, 3.63) is 59.7 Å². The largest absolute Gasteiger partial charge is 0.468 e. The highest BCUT2D eigenvalue weighted by Crippen LogP contribution is 2.25. The van der Waals surface area contributed by atoms with Gasteiger partial charge in [-0.15, -0.1) is 0 Å². The molecule has 0 heterocycles. The number of hydrogen-bond acceptors (Lipinski definition) is 4. The summed E-state index contributed by atoms with van der Waals surface area (Å²) in [5.41, 5.74) is 2.42. The first kappa shape index (κ1) is 17.0. The summed E-state index contributed by atoms with van der Waals surface area (Å²) in [6, 6.07) is 13.3. The number of carbonyl (C=O) groups excluding carboxylic acids is 1. The third-order valence-corrected chi connectivity index (χ3v) is 5.40. The lowest BCUT2D eigenvalue weighted by Gasteiger charge is -2.24. The fourth-order valence-electron chi connectivity index (χ4n) is 2.10. The van der Waals surface area contributed by atoms with Crippen LogP contribution < -0.4 is 4.31 Å². The Hall–Kier alpha value is -2.34. The van der Waals surface area contributed by atoms with Crippen LogP contribution in [0.2, 0.25) is 0 Å². The van der Waals surface area contributed by atoms with Crippen LogP contribution in [-0.4, -0.2) is 28.0 Å². The van der Waals surface area contributed by atoms with Crippen molar-refractivity contribution >= 4 is 21.7 Å². The number of methoxy groups -OCH3 is 1. The molecule has 0 saturated heterocycles. The van der Waals surface area contributed by atoms with Crippen LogP contribution in [0.1, 0.15) is 11.1 Å². The third kappa shape index (κ3) is 3.71. The van der Waals surface area contributed by atoms with E-state index in [1.807, 2.05) is 19.9 Å². The average Bonchev–Trinajstić information content (AvgIpc) is 2.55. The first-order valence-corrected chi connectivity index (χ1v) is 8.52. The van der Waals surface area contributed by atoms with Crippen molar-refractivity contribution in [1.82, 2.24) is 0 Å². The molecule has 2 aromatic rings. The quantitative estimate of drug-likeness (QED) is 0.789. The van der Waals surface area contributed by atoms with Crippen LogP contribution in [-0.2, 0) is 19.6 Å². The van der Waals surface area contributed by atoms with Gasteiger partial charge in [-0.25, -0.2) is 8.42 Å². The Morgan fingerprint density at radius 3 is 2.26 bits per heavy atom. The Labute approximate surface area is 136 Å². The minimum absolute atomic E-state index is 0.127. The van der Waals surface area contributed by atoms with E-state index >= 15 is 0 Å². The Morgan fingerprint density at radius 1 is 1.04 bits per heavy atom. The lowest BCUT2D eigenvalue weighted by Crippen LogP contribution is -2.36. The molecule has 0 amide bonds. The van der Waals surface area contributed by atoms with Crippen LogP contribution >= 0.6 is 0 Å². The molecule has 0 aliphatic carbocycles. The number of esters is 1. The molecule has 0 bridgehead atoms. The monoisotopic (exact) mass is 333 g/mol. The highest BCUT2D eigenvalue weighted by molar-refractivity contribution is 7.92. The van der Waals surface area contributed by atoms with E-state index in [1.54, 1.807) is 30.3 Å². The van der Waals surface area contributed by atoms with Gasteiger partial charge in [0.25, 0.3) is 10.0 Å². The molecule has 5 nitrogen and oxygen atoms in total. The van der Waals surface area contributed by atoms with E-state index in [4.69, 9.17) is 0 Å². The van der Waals surface area contributed by atoms with Crippen LogP contribution in [0.15, 0.2) is 53.4 Å². The number of hydrogen-bond donors (Lipinski definition) is 0. The molecular formula is C17H19NO4S. The number of anilines is 1. The zero-order valence-electron chi connectivity index (χ0n) is 13.3. The summed E-state index contributed by atoms with van der Waals surface area (Å²) in [4.78, 5) is 11.8. The second-order valence-corrected chi connectivity index (χ2v) is 7.03. The maximum Gasteiger partial charge on any atom is 0.326 e. The maximum absolute atomic E-state index is 12.9. The number of carbonyl (C=O) groups is 1. The van der Waals surface area contributed by atoms with Gasteiger partial charge < -0.3 is 4.74 Å². The summed E-state index contributed by atoms with van der Waals surface area (Å²) < 4.78 is 31.5. The Kier molecular flexibility index (Phi) is 5.05. The fraction of sp³-hybridized carbons (Fsp3) is 0.235. The van der Waals surface area contributed by atoms with Crippen molar-refractivity contribution in [2.24, 2.45) is 0 Å². The number of nitrogens with zero attached hydrogens (tertiary/aromatic N) is 1. The summed E-state index contributed by atoms with van der Waals surface area (Å²) in [7, 11) is -2.62. The molecule has 122 valence electrons. The van der Waals surface area contributed by atoms with Gasteiger partial charge in [0.1, 0.15) is 6.54 Å². The Balaban J connectivity index is 2.54. The third-order valence-electron chi connectivity index (χ3n) is 3.61. The molecule has 0 aliphatic heterocycles. The first-order valence-electron chi connectivity index (χ1n) is 7.08. The highest BCUT2D eigenvalue weighted by Gasteiger charge is 2.27. The molecule has 0 fully saturated rings. The SMILES string of the molecule is COC(=O)CN(c1ccc(C)c(C)c1)S(=O)(=O)c1ccccc1. The predicted octanol–water partition coefficient (Wildman–Crippen LogP) is 2.67. The van der Waals surface area contributed by atoms with E-state index in [1.165, 1.54) is 19.2 Å². The zero-order valence-corrected chi connectivity index (χ0v) is 14.1. The van der Waals surface area contributed by atoms with Crippen molar-refractivity contribution in [2.45, 2.75) is 18.7 Å². The number of aryl methyl sites for hydroxylation is 2. The van der Waals surface area contributed by atoms with Crippen LogP contribution in [0.4, 0.5) is 5.69 Å². The number of sulfonamides is 1. The smallest absolute Gasteiger partial charge is 0.326 e. The molecule has 0 unspecified atom stereocenters. The van der Waals surface area contributed by atoms with Gasteiger partial charge in [0.2, 0.25) is 0 Å². The summed E-state index contributed by atoms with van der Waals surface area (Å²) in [5.74, 6) is -0.622. The molecule has 0 atom stereocenters. The van der Waals surface area contributed by atoms with Gasteiger partial charge in [0.05, 0.1) is 17.7 Å². The fourth-order valence-corrected chi connectivity index (χ4v) is 3.52. The Morgan fingerprint density at radius 2 is 1.70 bits per heavy atom. The molecule has 0 aromatic heterocycles. The molecule has 0 N–H and O–H groups in total. The average molecular weight is 333 g/mol. The van der Waals surface area contributed by atoms with Gasteiger partial charge >= 0.3 is 5.97 Å². The molecule has 0 aliphatic rings. The normalized spacial score (nSPS) is 11.1. The second kappa shape index (κ2) is 6.83. The summed E-state index contributed by atoms with van der Waals surface area (Å²) >= 11 is 0. The van der Waals surface area contributed by atoms with Crippen LogP contribution in [0.3, 0.4) is 0 Å². The topological polar surface area (TPSA) is 63.7 Å². The molecule has 2 aromatic carbocycles. The highest BCUT2D eigenvalue weighted by atomic mass is 32.2. The van der Waals surface area contributed by atoms with Crippen LogP contribution in [0.25, 0.3) is 0 Å². The van der Waals surface area contributed by atoms with Gasteiger partial charge in [0.15, 0.2) is 0 Å². The maximum atomic E-state index is 12.9. The number of ether oxygens (including phenoxy) is 1. The molecule has 6 heteroatoms. The van der Waals surface area contributed by atoms with Gasteiger partial charge in [-0.3, -0.25) is 9.10 Å². The van der Waals surface area contributed by atoms with Crippen molar-refractivity contribution in [3.8, 4) is 0 Å². The van der Waals surface area contributed by atoms with E-state index in [2.05, 4.69) is 4.74 Å². The van der Waals surface area contributed by atoms with Crippen LogP contribution in [0.5, 0.6) is 0 Å².